The van der Waals surface area contributed by atoms with Crippen LogP contribution < -0.4 is 16.6 Å². The van der Waals surface area contributed by atoms with Gasteiger partial charge in [-0.05, 0) is 55.9 Å². The van der Waals surface area contributed by atoms with Crippen molar-refractivity contribution in [2.75, 3.05) is 0 Å². The Bertz CT molecular complexity index is 1660. The molecule has 10 heteroatoms. The molecule has 1 aliphatic carbocycles. The van der Waals surface area contributed by atoms with E-state index in [0.717, 1.165) is 11.1 Å². The van der Waals surface area contributed by atoms with Gasteiger partial charge in [0.05, 0.1) is 10.5 Å². The molecule has 2 aromatic carbocycles. The Hall–Kier alpha value is -3.69. The molecule has 3 atom stereocenters. The zero-order valence-electron chi connectivity index (χ0n) is 20.8. The number of benzene rings is 2. The van der Waals surface area contributed by atoms with Crippen LogP contribution in [-0.4, -0.2) is 33.2 Å². The minimum Gasteiger partial charge on any atom is -0.448 e. The van der Waals surface area contributed by atoms with E-state index < -0.39 is 29.6 Å². The molecule has 2 aromatic heterocycles. The van der Waals surface area contributed by atoms with Gasteiger partial charge in [-0.25, -0.2) is 0 Å². The van der Waals surface area contributed by atoms with Crippen molar-refractivity contribution in [3.8, 4) is 0 Å². The number of nitrogens with zero attached hydrogens (tertiary/aromatic N) is 2. The molecule has 1 aliphatic heterocycles. The van der Waals surface area contributed by atoms with Crippen LogP contribution in [0.1, 0.15) is 48.6 Å². The van der Waals surface area contributed by atoms with E-state index >= 15 is 0 Å². The van der Waals surface area contributed by atoms with Crippen molar-refractivity contribution in [3.63, 3.8) is 0 Å². The number of halogens is 1. The number of esters is 1. The lowest BCUT2D eigenvalue weighted by molar-refractivity contribution is -0.174. The first-order chi connectivity index (χ1) is 18.3. The summed E-state index contributed by atoms with van der Waals surface area (Å²) in [5, 5.41) is 8.67. The van der Waals surface area contributed by atoms with Crippen LogP contribution >= 0.6 is 11.6 Å². The molecule has 3 N–H and O–H groups in total. The molecule has 196 valence electrons. The Labute approximate surface area is 222 Å². The van der Waals surface area contributed by atoms with Crippen molar-refractivity contribution in [3.05, 3.63) is 74.7 Å². The topological polar surface area (TPSA) is 129 Å². The van der Waals surface area contributed by atoms with E-state index in [1.165, 1.54) is 0 Å². The van der Waals surface area contributed by atoms with E-state index in [9.17, 15) is 14.4 Å². The van der Waals surface area contributed by atoms with Crippen molar-refractivity contribution in [2.45, 2.75) is 63.3 Å². The number of aryl methyl sites for hydroxylation is 1. The molecule has 0 radical (unpaired) electrons. The van der Waals surface area contributed by atoms with Gasteiger partial charge < -0.3 is 24.9 Å². The van der Waals surface area contributed by atoms with E-state index in [-0.39, 0.29) is 18.4 Å². The Kier molecular flexibility index (Phi) is 6.00. The van der Waals surface area contributed by atoms with Crippen LogP contribution in [0.5, 0.6) is 0 Å². The number of fused-ring (bicyclic) bond motifs is 4. The second-order valence-corrected chi connectivity index (χ2v) is 10.6. The molecular formula is C28H27ClN4O5. The summed E-state index contributed by atoms with van der Waals surface area (Å²) in [5.41, 5.74) is 7.23. The Morgan fingerprint density at radius 2 is 1.97 bits per heavy atom. The molecule has 0 bridgehead atoms. The first kappa shape index (κ1) is 24.6. The fraction of sp³-hybridized carbons (Fsp3) is 0.357. The Balaban J connectivity index is 1.37. The first-order valence-corrected chi connectivity index (χ1v) is 13.1. The van der Waals surface area contributed by atoms with Crippen LogP contribution in [0.15, 0.2) is 51.8 Å². The van der Waals surface area contributed by atoms with Gasteiger partial charge in [-0.3, -0.25) is 14.4 Å². The number of amides is 1. The lowest BCUT2D eigenvalue weighted by Crippen LogP contribution is -2.54. The first-order valence-electron chi connectivity index (χ1n) is 12.7. The smallest absolute Gasteiger partial charge is 0.324 e. The summed E-state index contributed by atoms with van der Waals surface area (Å²) < 4.78 is 13.0. The van der Waals surface area contributed by atoms with Crippen LogP contribution in [0.3, 0.4) is 0 Å². The van der Waals surface area contributed by atoms with E-state index in [1.54, 1.807) is 29.7 Å². The Morgan fingerprint density at radius 3 is 2.76 bits per heavy atom. The molecule has 1 amide bonds. The minimum absolute atomic E-state index is 0.0781. The van der Waals surface area contributed by atoms with Gasteiger partial charge in [0, 0.05) is 24.4 Å². The van der Waals surface area contributed by atoms with Crippen molar-refractivity contribution in [1.82, 2.24) is 15.0 Å². The monoisotopic (exact) mass is 534 g/mol. The molecule has 1 fully saturated rings. The number of carbonyl (C=O) groups excluding carboxylic acids is 2. The van der Waals surface area contributed by atoms with Crippen LogP contribution in [0, 0.1) is 6.92 Å². The lowest BCUT2D eigenvalue weighted by atomic mass is 9.80. The highest BCUT2D eigenvalue weighted by Crippen LogP contribution is 2.41. The number of aromatic nitrogens is 2. The number of primary amides is 1. The molecule has 3 unspecified atom stereocenters. The number of ether oxygens (including phenoxy) is 1. The normalized spacial score (nSPS) is 23.3. The average Bonchev–Trinajstić information content (AvgIpc) is 3.30. The second kappa shape index (κ2) is 9.25. The molecule has 1 saturated carbocycles. The van der Waals surface area contributed by atoms with Crippen molar-refractivity contribution < 1.29 is 18.8 Å². The quantitative estimate of drug-likeness (QED) is 0.382. The third-order valence-corrected chi connectivity index (χ3v) is 8.26. The van der Waals surface area contributed by atoms with Crippen molar-refractivity contribution in [2.24, 2.45) is 5.73 Å². The summed E-state index contributed by atoms with van der Waals surface area (Å²) in [6.45, 7) is 2.21. The maximum absolute atomic E-state index is 13.8. The van der Waals surface area contributed by atoms with E-state index in [0.29, 0.717) is 58.4 Å². The molecule has 2 aliphatic rings. The summed E-state index contributed by atoms with van der Waals surface area (Å²) in [6, 6.07) is 12.1. The molecule has 0 spiro atoms. The SMILES string of the molecule is Cc1onc2c1c(=O)n(C1CCCC(OC(=O)C3Cc4ccccc4CN3)(C(N)=O)C1)c1cccc(Cl)c21. The largest absolute Gasteiger partial charge is 0.448 e. The fourth-order valence-electron chi connectivity index (χ4n) is 6.01. The third kappa shape index (κ3) is 3.88. The molecule has 38 heavy (non-hydrogen) atoms. The number of hydrogen-bond acceptors (Lipinski definition) is 7. The zero-order valence-corrected chi connectivity index (χ0v) is 21.6. The number of nitrogens with one attached hydrogen (secondary N) is 1. The zero-order chi connectivity index (χ0) is 26.6. The summed E-state index contributed by atoms with van der Waals surface area (Å²) in [4.78, 5) is 40.0. The molecule has 0 saturated heterocycles. The molecule has 4 aromatic rings. The predicted molar refractivity (Wildman–Crippen MR) is 142 cm³/mol. The Morgan fingerprint density at radius 1 is 1.18 bits per heavy atom. The van der Waals surface area contributed by atoms with Crippen LogP contribution in [0.4, 0.5) is 0 Å². The summed E-state index contributed by atoms with van der Waals surface area (Å²) in [7, 11) is 0. The van der Waals surface area contributed by atoms with Crippen LogP contribution in [-0.2, 0) is 27.3 Å². The highest BCUT2D eigenvalue weighted by Gasteiger charge is 2.47. The molecular weight excluding hydrogens is 508 g/mol. The number of carbonyl (C=O) groups is 2. The van der Waals surface area contributed by atoms with Crippen LogP contribution in [0.2, 0.25) is 5.02 Å². The molecule has 6 rings (SSSR count). The van der Waals surface area contributed by atoms with Gasteiger partial charge in [-0.2, -0.15) is 0 Å². The lowest BCUT2D eigenvalue weighted by Gasteiger charge is -2.40. The van der Waals surface area contributed by atoms with Gasteiger partial charge >= 0.3 is 5.97 Å². The number of nitrogens with two attached hydrogens (primary N) is 1. The van der Waals surface area contributed by atoms with Gasteiger partial charge in [0.25, 0.3) is 11.5 Å². The van der Waals surface area contributed by atoms with Gasteiger partial charge in [-0.15, -0.1) is 0 Å². The van der Waals surface area contributed by atoms with E-state index in [2.05, 4.69) is 10.5 Å². The highest BCUT2D eigenvalue weighted by molar-refractivity contribution is 6.37. The van der Waals surface area contributed by atoms with E-state index in [4.69, 9.17) is 26.6 Å². The van der Waals surface area contributed by atoms with Gasteiger partial charge in [0.2, 0.25) is 0 Å². The predicted octanol–water partition coefficient (Wildman–Crippen LogP) is 3.70. The average molecular weight is 535 g/mol. The summed E-state index contributed by atoms with van der Waals surface area (Å²) in [6.07, 6.45) is 1.96. The van der Waals surface area contributed by atoms with Gasteiger partial charge in [-0.1, -0.05) is 47.1 Å². The maximum Gasteiger partial charge on any atom is 0.324 e. The van der Waals surface area contributed by atoms with Gasteiger partial charge in [0.15, 0.2) is 5.60 Å². The van der Waals surface area contributed by atoms with E-state index in [1.807, 2.05) is 24.3 Å². The summed E-state index contributed by atoms with van der Waals surface area (Å²) in [5.74, 6) is -0.860. The number of pyridine rings is 1. The highest BCUT2D eigenvalue weighted by atomic mass is 35.5. The third-order valence-electron chi connectivity index (χ3n) is 7.94. The maximum atomic E-state index is 13.8. The number of hydrogen-bond donors (Lipinski definition) is 2. The fourth-order valence-corrected chi connectivity index (χ4v) is 6.27. The number of rotatable bonds is 4. The molecule has 3 heterocycles. The van der Waals surface area contributed by atoms with Crippen molar-refractivity contribution >= 4 is 45.3 Å². The standard InChI is InChI=1S/C28H27ClN4O5/c1-15-22-24(32-38-15)23-19(29)9-4-10-21(23)33(25(22)34)18-8-5-11-28(13-18,27(30)36)37-26(35)20-12-16-6-2-3-7-17(16)14-31-20/h2-4,6-7,9-10,18,20,31H,5,8,11-14H2,1H3,(H2,30,36). The van der Waals surface area contributed by atoms with Crippen molar-refractivity contribution in [1.29, 1.82) is 0 Å². The van der Waals surface area contributed by atoms with Gasteiger partial charge in [0.1, 0.15) is 22.7 Å². The minimum atomic E-state index is -1.54. The summed E-state index contributed by atoms with van der Waals surface area (Å²) >= 11 is 6.56. The molecule has 9 nitrogen and oxygen atoms in total. The van der Waals surface area contributed by atoms with Crippen LogP contribution in [0.25, 0.3) is 21.8 Å². The second-order valence-electron chi connectivity index (χ2n) is 10.2.